The van der Waals surface area contributed by atoms with Crippen molar-refractivity contribution in [2.45, 2.75) is 72.4 Å². The largest absolute Gasteiger partial charge is 0.329 e. The zero-order valence-corrected chi connectivity index (χ0v) is 19.8. The summed E-state index contributed by atoms with van der Waals surface area (Å²) in [6.07, 6.45) is 5.47. The fourth-order valence-electron chi connectivity index (χ4n) is 4.22. The Morgan fingerprint density at radius 3 is 2.38 bits per heavy atom. The topological polar surface area (TPSA) is 55.2 Å². The van der Waals surface area contributed by atoms with Crippen molar-refractivity contribution in [1.29, 1.82) is 0 Å². The molecule has 5 heteroatoms. The van der Waals surface area contributed by atoms with Gasteiger partial charge >= 0.3 is 0 Å². The highest BCUT2D eigenvalue weighted by Gasteiger charge is 2.26. The van der Waals surface area contributed by atoms with Crippen LogP contribution in [0.2, 0.25) is 0 Å². The van der Waals surface area contributed by atoms with Crippen molar-refractivity contribution in [2.24, 2.45) is 0 Å². The Hall–Kier alpha value is -2.95. The number of hydrogen-bond acceptors (Lipinski definition) is 3. The predicted molar refractivity (Wildman–Crippen MR) is 131 cm³/mol. The van der Waals surface area contributed by atoms with Crippen LogP contribution in [0, 0.1) is 0 Å². The minimum Gasteiger partial charge on any atom is -0.329 e. The summed E-state index contributed by atoms with van der Waals surface area (Å²) >= 11 is 0. The first-order valence-corrected chi connectivity index (χ1v) is 11.9. The molecule has 0 radical (unpaired) electrons. The number of rotatable bonds is 10. The zero-order valence-electron chi connectivity index (χ0n) is 19.8. The number of nitrogens with zero attached hydrogens (tertiary/aromatic N) is 3. The van der Waals surface area contributed by atoms with Crippen LogP contribution in [0.1, 0.15) is 81.2 Å². The van der Waals surface area contributed by atoms with Gasteiger partial charge in [0.1, 0.15) is 5.82 Å². The molecule has 1 unspecified atom stereocenters. The molecule has 32 heavy (non-hydrogen) atoms. The van der Waals surface area contributed by atoms with Crippen LogP contribution in [0.5, 0.6) is 0 Å². The lowest BCUT2D eigenvalue weighted by Crippen LogP contribution is -2.38. The minimum atomic E-state index is -0.316. The van der Waals surface area contributed by atoms with E-state index >= 15 is 0 Å². The van der Waals surface area contributed by atoms with Gasteiger partial charge in [-0.3, -0.25) is 14.2 Å². The molecule has 3 rings (SSSR count). The van der Waals surface area contributed by atoms with Crippen LogP contribution in [0.15, 0.2) is 53.3 Å². The number of aromatic nitrogens is 2. The third-order valence-corrected chi connectivity index (χ3v) is 6.04. The van der Waals surface area contributed by atoms with E-state index in [-0.39, 0.29) is 17.5 Å². The van der Waals surface area contributed by atoms with Crippen molar-refractivity contribution in [1.82, 2.24) is 14.5 Å². The minimum absolute atomic E-state index is 0.0236. The third-order valence-electron chi connectivity index (χ3n) is 6.04. The van der Waals surface area contributed by atoms with E-state index in [2.05, 4.69) is 26.0 Å². The Labute approximate surface area is 191 Å². The number of fused-ring (bicyclic) bond motifs is 1. The van der Waals surface area contributed by atoms with Gasteiger partial charge in [-0.25, -0.2) is 4.98 Å². The summed E-state index contributed by atoms with van der Waals surface area (Å²) in [5.74, 6) is 0.610. The molecule has 1 aromatic heterocycles. The van der Waals surface area contributed by atoms with E-state index in [1.165, 1.54) is 24.8 Å². The Bertz CT molecular complexity index is 1100. The van der Waals surface area contributed by atoms with Crippen molar-refractivity contribution in [3.63, 3.8) is 0 Å². The first-order chi connectivity index (χ1) is 15.5. The average Bonchev–Trinajstić information content (AvgIpc) is 2.82. The number of para-hydroxylation sites is 1. The summed E-state index contributed by atoms with van der Waals surface area (Å²) in [7, 11) is 0. The van der Waals surface area contributed by atoms with Crippen LogP contribution in [0.25, 0.3) is 10.9 Å². The highest BCUT2D eigenvalue weighted by molar-refractivity contribution is 5.94. The lowest BCUT2D eigenvalue weighted by molar-refractivity contribution is 0.0679. The van der Waals surface area contributed by atoms with Gasteiger partial charge in [0.05, 0.1) is 16.9 Å². The normalized spacial score (nSPS) is 12.1. The lowest BCUT2D eigenvalue weighted by atomic mass is 10.0. The van der Waals surface area contributed by atoms with Crippen LogP contribution in [0.4, 0.5) is 0 Å². The Morgan fingerprint density at radius 1 is 1.00 bits per heavy atom. The van der Waals surface area contributed by atoms with Crippen LogP contribution < -0.4 is 5.56 Å². The molecule has 1 amide bonds. The van der Waals surface area contributed by atoms with Crippen molar-refractivity contribution >= 4 is 16.8 Å². The first-order valence-electron chi connectivity index (χ1n) is 11.9. The predicted octanol–water partition coefficient (Wildman–Crippen LogP) is 5.76. The summed E-state index contributed by atoms with van der Waals surface area (Å²) in [4.78, 5) is 33.2. The molecule has 0 saturated carbocycles. The van der Waals surface area contributed by atoms with Crippen molar-refractivity contribution in [3.05, 3.63) is 75.8 Å². The van der Waals surface area contributed by atoms with E-state index in [9.17, 15) is 9.59 Å². The molecular formula is C27H35N3O2. The molecule has 0 aliphatic carbocycles. The molecule has 2 aromatic carbocycles. The van der Waals surface area contributed by atoms with E-state index in [1.807, 2.05) is 55.1 Å². The van der Waals surface area contributed by atoms with Crippen molar-refractivity contribution in [3.8, 4) is 0 Å². The molecule has 0 fully saturated rings. The van der Waals surface area contributed by atoms with Gasteiger partial charge in [0.15, 0.2) is 0 Å². The summed E-state index contributed by atoms with van der Waals surface area (Å²) in [5.41, 5.74) is 2.56. The summed E-state index contributed by atoms with van der Waals surface area (Å²) < 4.78 is 1.69. The molecule has 0 saturated heterocycles. The molecule has 0 spiro atoms. The first kappa shape index (κ1) is 23.7. The van der Waals surface area contributed by atoms with E-state index in [1.54, 1.807) is 4.57 Å². The monoisotopic (exact) mass is 433 g/mol. The Morgan fingerprint density at radius 2 is 1.72 bits per heavy atom. The number of carbonyl (C=O) groups excluding carboxylic acids is 1. The molecule has 0 bridgehead atoms. The smallest absolute Gasteiger partial charge is 0.261 e. The summed E-state index contributed by atoms with van der Waals surface area (Å²) in [6.45, 7) is 9.28. The second kappa shape index (κ2) is 11.1. The van der Waals surface area contributed by atoms with Gasteiger partial charge in [-0.1, -0.05) is 51.0 Å². The fourth-order valence-corrected chi connectivity index (χ4v) is 4.22. The van der Waals surface area contributed by atoms with E-state index in [0.717, 1.165) is 12.8 Å². The maximum atomic E-state index is 13.5. The average molecular weight is 434 g/mol. The Kier molecular flexibility index (Phi) is 8.20. The van der Waals surface area contributed by atoms with Gasteiger partial charge in [-0.15, -0.1) is 0 Å². The molecule has 0 aliphatic rings. The van der Waals surface area contributed by atoms with Crippen LogP contribution in [0.3, 0.4) is 0 Å². The molecule has 1 heterocycles. The molecule has 3 aromatic rings. The highest BCUT2D eigenvalue weighted by Crippen LogP contribution is 2.23. The Balaban J connectivity index is 1.93. The van der Waals surface area contributed by atoms with Gasteiger partial charge < -0.3 is 4.90 Å². The summed E-state index contributed by atoms with van der Waals surface area (Å²) in [5, 5.41) is 0.609. The van der Waals surface area contributed by atoms with E-state index < -0.39 is 0 Å². The maximum absolute atomic E-state index is 13.5. The van der Waals surface area contributed by atoms with Crippen LogP contribution in [-0.4, -0.2) is 26.9 Å². The SMILES string of the molecule is CCCCCc1ccc(C(=O)N(CCC)C(C)c2nc3ccccc3c(=O)n2CC)cc1. The highest BCUT2D eigenvalue weighted by atomic mass is 16.2. The van der Waals surface area contributed by atoms with Crippen molar-refractivity contribution < 1.29 is 4.79 Å². The van der Waals surface area contributed by atoms with Gasteiger partial charge in [0.2, 0.25) is 0 Å². The van der Waals surface area contributed by atoms with E-state index in [0.29, 0.717) is 35.4 Å². The number of amides is 1. The number of carbonyl (C=O) groups is 1. The second-order valence-electron chi connectivity index (χ2n) is 8.37. The quantitative estimate of drug-likeness (QED) is 0.382. The molecule has 1 atom stereocenters. The van der Waals surface area contributed by atoms with Gasteiger partial charge in [-0.2, -0.15) is 0 Å². The summed E-state index contributed by atoms with van der Waals surface area (Å²) in [6, 6.07) is 15.1. The van der Waals surface area contributed by atoms with Crippen LogP contribution in [-0.2, 0) is 13.0 Å². The number of benzene rings is 2. The van der Waals surface area contributed by atoms with Crippen molar-refractivity contribution in [2.75, 3.05) is 6.54 Å². The molecule has 0 aliphatic heterocycles. The standard InChI is InChI=1S/C27H35N3O2/c1-5-8-9-12-21-15-17-22(18-16-21)26(31)30(19-6-2)20(4)25-28-24-14-11-10-13-23(24)27(32)29(25)7-3/h10-11,13-18,20H,5-9,12,19H2,1-4H3. The van der Waals surface area contributed by atoms with Gasteiger partial charge in [0.25, 0.3) is 11.5 Å². The molecule has 5 nitrogen and oxygen atoms in total. The molecule has 170 valence electrons. The van der Waals surface area contributed by atoms with E-state index in [4.69, 9.17) is 4.98 Å². The van der Waals surface area contributed by atoms with Gasteiger partial charge in [0, 0.05) is 18.7 Å². The molecule has 0 N–H and O–H groups in total. The third kappa shape index (κ3) is 5.09. The maximum Gasteiger partial charge on any atom is 0.261 e. The number of hydrogen-bond donors (Lipinski definition) is 0. The number of unbranched alkanes of at least 4 members (excludes halogenated alkanes) is 2. The molecular weight excluding hydrogens is 398 g/mol. The second-order valence-corrected chi connectivity index (χ2v) is 8.37. The lowest BCUT2D eigenvalue weighted by Gasteiger charge is -2.30. The number of aryl methyl sites for hydroxylation is 1. The van der Waals surface area contributed by atoms with Gasteiger partial charge in [-0.05, 0) is 62.9 Å². The zero-order chi connectivity index (χ0) is 23.1. The van der Waals surface area contributed by atoms with Crippen LogP contribution >= 0.6 is 0 Å². The fraction of sp³-hybridized carbons (Fsp3) is 0.444.